The third-order valence-electron chi connectivity index (χ3n) is 5.38. The van der Waals surface area contributed by atoms with Crippen LogP contribution in [0.15, 0.2) is 97.1 Å². The maximum atomic E-state index is 12.4. The van der Waals surface area contributed by atoms with Crippen molar-refractivity contribution in [3.63, 3.8) is 0 Å². The monoisotopic (exact) mass is 456 g/mol. The molecule has 0 aliphatic heterocycles. The van der Waals surface area contributed by atoms with Gasteiger partial charge in [-0.05, 0) is 90.3 Å². The van der Waals surface area contributed by atoms with Crippen LogP contribution in [-0.4, -0.2) is 11.8 Å². The van der Waals surface area contributed by atoms with Crippen LogP contribution in [0.2, 0.25) is 0 Å². The number of rotatable bonds is 6. The number of hydrogen-bond donors (Lipinski definition) is 2. The lowest BCUT2D eigenvalue weighted by atomic mass is 10.0. The van der Waals surface area contributed by atoms with Gasteiger partial charge in [-0.1, -0.05) is 24.3 Å². The highest BCUT2D eigenvalue weighted by Gasteiger charge is 2.08. The Kier molecular flexibility index (Phi) is 6.97. The van der Waals surface area contributed by atoms with Gasteiger partial charge in [0.15, 0.2) is 0 Å². The molecule has 0 saturated heterocycles. The van der Waals surface area contributed by atoms with Gasteiger partial charge in [0.25, 0.3) is 11.8 Å². The number of nitrogens with one attached hydrogen (secondary N) is 2. The van der Waals surface area contributed by atoms with E-state index >= 15 is 0 Å². The minimum Gasteiger partial charge on any atom is -0.322 e. The molecular weight excluding hydrogens is 436 g/mol. The van der Waals surface area contributed by atoms with Crippen LogP contribution >= 0.6 is 0 Å². The van der Waals surface area contributed by atoms with E-state index in [0.717, 1.165) is 11.1 Å². The van der Waals surface area contributed by atoms with Crippen molar-refractivity contribution in [3.8, 4) is 12.1 Å². The molecule has 2 amide bonds. The van der Waals surface area contributed by atoms with Crippen LogP contribution < -0.4 is 10.6 Å². The molecule has 0 fully saturated rings. The number of carbonyl (C=O) groups is 2. The molecule has 4 rings (SSSR count). The van der Waals surface area contributed by atoms with Gasteiger partial charge in [0.2, 0.25) is 0 Å². The van der Waals surface area contributed by atoms with Crippen LogP contribution in [0.3, 0.4) is 0 Å². The standard InChI is InChI=1S/C29H20N4O2/c30-18-22-1-9-24(10-2-22)28(34)32-26-13-5-20(6-14-26)17-21-7-15-27(16-8-21)33-29(35)25-11-3-23(19-31)4-12-25/h1-16H,17H2,(H,32,34)(H,33,35). The fourth-order valence-electron chi connectivity index (χ4n) is 3.45. The maximum absolute atomic E-state index is 12.4. The van der Waals surface area contributed by atoms with Crippen molar-refractivity contribution in [2.24, 2.45) is 0 Å². The smallest absolute Gasteiger partial charge is 0.255 e. The summed E-state index contributed by atoms with van der Waals surface area (Å²) < 4.78 is 0. The summed E-state index contributed by atoms with van der Waals surface area (Å²) in [6, 6.07) is 32.2. The van der Waals surface area contributed by atoms with E-state index in [1.54, 1.807) is 48.5 Å². The quantitative estimate of drug-likeness (QED) is 0.398. The zero-order valence-electron chi connectivity index (χ0n) is 18.7. The predicted molar refractivity (Wildman–Crippen MR) is 134 cm³/mol. The first kappa shape index (κ1) is 23.0. The maximum Gasteiger partial charge on any atom is 0.255 e. The molecule has 4 aromatic rings. The van der Waals surface area contributed by atoms with Crippen LogP contribution in [0.25, 0.3) is 0 Å². The lowest BCUT2D eigenvalue weighted by molar-refractivity contribution is 0.101. The molecule has 0 bridgehead atoms. The highest BCUT2D eigenvalue weighted by molar-refractivity contribution is 6.04. The Balaban J connectivity index is 1.32. The minimum atomic E-state index is -0.235. The molecule has 35 heavy (non-hydrogen) atoms. The number of benzene rings is 4. The molecule has 0 unspecified atom stereocenters. The zero-order chi connectivity index (χ0) is 24.6. The molecule has 0 atom stereocenters. The highest BCUT2D eigenvalue weighted by atomic mass is 16.2. The first-order valence-corrected chi connectivity index (χ1v) is 10.8. The Bertz CT molecular complexity index is 1310. The lowest BCUT2D eigenvalue weighted by Crippen LogP contribution is -2.11. The lowest BCUT2D eigenvalue weighted by Gasteiger charge is -2.09. The van der Waals surface area contributed by atoms with Crippen molar-refractivity contribution < 1.29 is 9.59 Å². The molecule has 6 heteroatoms. The van der Waals surface area contributed by atoms with Gasteiger partial charge in [0, 0.05) is 22.5 Å². The van der Waals surface area contributed by atoms with E-state index in [0.29, 0.717) is 40.0 Å². The number of anilines is 2. The molecule has 0 heterocycles. The van der Waals surface area contributed by atoms with E-state index in [4.69, 9.17) is 10.5 Å². The topological polar surface area (TPSA) is 106 Å². The SMILES string of the molecule is N#Cc1ccc(C(=O)Nc2ccc(Cc3ccc(NC(=O)c4ccc(C#N)cc4)cc3)cc2)cc1. The van der Waals surface area contributed by atoms with Crippen molar-refractivity contribution in [3.05, 3.63) is 130 Å². The van der Waals surface area contributed by atoms with Crippen LogP contribution in [0.4, 0.5) is 11.4 Å². The molecule has 6 nitrogen and oxygen atoms in total. The third-order valence-corrected chi connectivity index (χ3v) is 5.38. The van der Waals surface area contributed by atoms with Crippen LogP contribution in [0, 0.1) is 22.7 Å². The van der Waals surface area contributed by atoms with Gasteiger partial charge in [-0.15, -0.1) is 0 Å². The number of nitrogens with zero attached hydrogens (tertiary/aromatic N) is 2. The highest BCUT2D eigenvalue weighted by Crippen LogP contribution is 2.17. The van der Waals surface area contributed by atoms with Crippen molar-refractivity contribution >= 4 is 23.2 Å². The molecule has 2 N–H and O–H groups in total. The molecule has 4 aromatic carbocycles. The number of carbonyl (C=O) groups excluding carboxylic acids is 2. The fraction of sp³-hybridized carbons (Fsp3) is 0.0345. The van der Waals surface area contributed by atoms with Crippen molar-refractivity contribution in [1.29, 1.82) is 10.5 Å². The molecular formula is C29H20N4O2. The summed E-state index contributed by atoms with van der Waals surface area (Å²) in [6.07, 6.45) is 0.702. The van der Waals surface area contributed by atoms with E-state index in [1.165, 1.54) is 0 Å². The summed E-state index contributed by atoms with van der Waals surface area (Å²) in [5, 5.41) is 23.4. The van der Waals surface area contributed by atoms with Gasteiger partial charge in [-0.25, -0.2) is 0 Å². The summed E-state index contributed by atoms with van der Waals surface area (Å²) >= 11 is 0. The minimum absolute atomic E-state index is 0.235. The summed E-state index contributed by atoms with van der Waals surface area (Å²) in [4.78, 5) is 24.8. The van der Waals surface area contributed by atoms with Gasteiger partial charge in [-0.2, -0.15) is 10.5 Å². The first-order valence-electron chi connectivity index (χ1n) is 10.8. The first-order chi connectivity index (χ1) is 17.0. The van der Waals surface area contributed by atoms with Gasteiger partial charge in [0.1, 0.15) is 0 Å². The van der Waals surface area contributed by atoms with Gasteiger partial charge in [-0.3, -0.25) is 9.59 Å². The predicted octanol–water partition coefficient (Wildman–Crippen LogP) is 5.53. The Hall–Kier alpha value is -5.20. The Morgan fingerprint density at radius 3 is 1.20 bits per heavy atom. The average molecular weight is 457 g/mol. The van der Waals surface area contributed by atoms with Gasteiger partial charge in [0.05, 0.1) is 23.3 Å². The number of hydrogen-bond acceptors (Lipinski definition) is 4. The number of nitriles is 2. The molecule has 0 spiro atoms. The van der Waals surface area contributed by atoms with E-state index in [2.05, 4.69) is 10.6 Å². The molecule has 0 aliphatic rings. The third kappa shape index (κ3) is 5.98. The van der Waals surface area contributed by atoms with Gasteiger partial charge < -0.3 is 10.6 Å². The van der Waals surface area contributed by atoms with E-state index in [-0.39, 0.29) is 11.8 Å². The zero-order valence-corrected chi connectivity index (χ0v) is 18.7. The molecule has 0 aliphatic carbocycles. The Morgan fingerprint density at radius 2 is 0.886 bits per heavy atom. The van der Waals surface area contributed by atoms with Crippen molar-refractivity contribution in [2.45, 2.75) is 6.42 Å². The summed E-state index contributed by atoms with van der Waals surface area (Å²) in [7, 11) is 0. The second-order valence-electron chi connectivity index (χ2n) is 7.86. The van der Waals surface area contributed by atoms with Crippen molar-refractivity contribution in [1.82, 2.24) is 0 Å². The van der Waals surface area contributed by atoms with E-state index in [9.17, 15) is 9.59 Å². The van der Waals surface area contributed by atoms with Crippen molar-refractivity contribution in [2.75, 3.05) is 10.6 Å². The Labute approximate surface area is 203 Å². The fourth-order valence-corrected chi connectivity index (χ4v) is 3.45. The van der Waals surface area contributed by atoms with Crippen LogP contribution in [0.1, 0.15) is 43.0 Å². The largest absolute Gasteiger partial charge is 0.322 e. The average Bonchev–Trinajstić information content (AvgIpc) is 2.91. The van der Waals surface area contributed by atoms with Crippen LogP contribution in [-0.2, 0) is 6.42 Å². The summed E-state index contributed by atoms with van der Waals surface area (Å²) in [6.45, 7) is 0. The van der Waals surface area contributed by atoms with Crippen LogP contribution in [0.5, 0.6) is 0 Å². The molecule has 168 valence electrons. The second-order valence-corrected chi connectivity index (χ2v) is 7.86. The van der Waals surface area contributed by atoms with E-state index < -0.39 is 0 Å². The Morgan fingerprint density at radius 1 is 0.543 bits per heavy atom. The molecule has 0 saturated carbocycles. The van der Waals surface area contributed by atoms with E-state index in [1.807, 2.05) is 60.7 Å². The summed E-state index contributed by atoms with van der Waals surface area (Å²) in [5.74, 6) is -0.471. The normalized spacial score (nSPS) is 10.0. The molecule has 0 aromatic heterocycles. The second kappa shape index (κ2) is 10.6. The van der Waals surface area contributed by atoms with Gasteiger partial charge >= 0.3 is 0 Å². The number of amides is 2. The molecule has 0 radical (unpaired) electrons. The summed E-state index contributed by atoms with van der Waals surface area (Å²) in [5.41, 5.74) is 5.51.